The largest absolute Gasteiger partial charge is 0.309 e. The molecule has 0 amide bonds. The minimum absolute atomic E-state index is 0.675. The molecule has 4 heterocycles. The van der Waals surface area contributed by atoms with Gasteiger partial charge in [-0.2, -0.15) is 0 Å². The van der Waals surface area contributed by atoms with Crippen molar-refractivity contribution in [2.45, 2.75) is 0 Å². The van der Waals surface area contributed by atoms with E-state index in [4.69, 9.17) is 9.97 Å². The van der Waals surface area contributed by atoms with Crippen LogP contribution >= 0.6 is 0 Å². The van der Waals surface area contributed by atoms with E-state index in [0.29, 0.717) is 5.82 Å². The zero-order valence-electron chi connectivity index (χ0n) is 34.1. The molecular formula is C58H37N5. The third-order valence-electron chi connectivity index (χ3n) is 12.6. The third-order valence-corrected chi connectivity index (χ3v) is 12.6. The zero-order valence-corrected chi connectivity index (χ0v) is 34.1. The molecule has 0 unspecified atom stereocenters. The molecule has 0 N–H and O–H groups in total. The van der Waals surface area contributed by atoms with Crippen molar-refractivity contribution in [1.82, 2.24) is 23.7 Å². The summed E-state index contributed by atoms with van der Waals surface area (Å²) in [6.07, 6.45) is 0. The predicted molar refractivity (Wildman–Crippen MR) is 261 cm³/mol. The van der Waals surface area contributed by atoms with Crippen LogP contribution in [0.5, 0.6) is 0 Å². The molecule has 0 saturated carbocycles. The molecule has 0 spiro atoms. The third kappa shape index (κ3) is 5.36. The number of hydrogen-bond acceptors (Lipinski definition) is 2. The van der Waals surface area contributed by atoms with E-state index in [2.05, 4.69) is 232 Å². The minimum Gasteiger partial charge on any atom is -0.309 e. The number of nitrogens with zero attached hydrogens (tertiary/aromatic N) is 5. The fraction of sp³-hybridized carbons (Fsp3) is 0. The Labute approximate surface area is 363 Å². The van der Waals surface area contributed by atoms with Crippen molar-refractivity contribution in [3.63, 3.8) is 0 Å². The zero-order chi connectivity index (χ0) is 41.4. The van der Waals surface area contributed by atoms with Gasteiger partial charge < -0.3 is 13.7 Å². The van der Waals surface area contributed by atoms with Gasteiger partial charge in [-0.05, 0) is 60.7 Å². The summed E-state index contributed by atoms with van der Waals surface area (Å²) in [6.45, 7) is 0. The summed E-state index contributed by atoms with van der Waals surface area (Å²) in [5, 5.41) is 7.18. The summed E-state index contributed by atoms with van der Waals surface area (Å²) in [4.78, 5) is 10.8. The first-order valence-corrected chi connectivity index (χ1v) is 21.4. The molecule has 0 aliphatic rings. The number of hydrogen-bond donors (Lipinski definition) is 0. The van der Waals surface area contributed by atoms with Crippen molar-refractivity contribution in [2.24, 2.45) is 0 Å². The lowest BCUT2D eigenvalue weighted by molar-refractivity contribution is 1.13. The van der Waals surface area contributed by atoms with Crippen molar-refractivity contribution in [3.05, 3.63) is 224 Å². The molecule has 0 aliphatic carbocycles. The topological polar surface area (TPSA) is 40.6 Å². The van der Waals surface area contributed by atoms with Crippen LogP contribution < -0.4 is 0 Å². The van der Waals surface area contributed by atoms with Crippen LogP contribution in [0.1, 0.15) is 0 Å². The average Bonchev–Trinajstić information content (AvgIpc) is 4.00. The van der Waals surface area contributed by atoms with E-state index in [-0.39, 0.29) is 0 Å². The van der Waals surface area contributed by atoms with Gasteiger partial charge in [-0.3, -0.25) is 0 Å². The maximum atomic E-state index is 5.58. The molecule has 0 radical (unpaired) electrons. The summed E-state index contributed by atoms with van der Waals surface area (Å²) < 4.78 is 7.35. The van der Waals surface area contributed by atoms with Gasteiger partial charge in [0.05, 0.1) is 50.2 Å². The summed E-state index contributed by atoms with van der Waals surface area (Å²) in [5.74, 6) is 0.675. The number of fused-ring (bicyclic) bond motifs is 10. The Kier molecular flexibility index (Phi) is 7.84. The molecule has 63 heavy (non-hydrogen) atoms. The molecule has 0 bridgehead atoms. The Morgan fingerprint density at radius 1 is 0.302 bits per heavy atom. The molecular weight excluding hydrogens is 767 g/mol. The lowest BCUT2D eigenvalue weighted by atomic mass is 10.0. The summed E-state index contributed by atoms with van der Waals surface area (Å²) in [7, 11) is 0. The molecule has 294 valence electrons. The molecule has 5 nitrogen and oxygen atoms in total. The molecule has 13 aromatic rings. The van der Waals surface area contributed by atoms with Crippen LogP contribution in [0.4, 0.5) is 0 Å². The van der Waals surface area contributed by atoms with Crippen molar-refractivity contribution < 1.29 is 0 Å². The molecule has 9 aromatic carbocycles. The SMILES string of the molecule is c1ccc(-c2cc(-c3c(-n4c5ccccc5c5c4ccc4c6ccccc6n(-c6ccccc6)c45)ccc4c5ccccc5n(-c5ccccc5)c34)nc(-c3ccccc3)n2)cc1. The molecule has 0 saturated heterocycles. The van der Waals surface area contributed by atoms with E-state index in [1.807, 2.05) is 6.07 Å². The first-order valence-electron chi connectivity index (χ1n) is 21.4. The summed E-state index contributed by atoms with van der Waals surface area (Å²) in [6, 6.07) is 80.2. The van der Waals surface area contributed by atoms with Gasteiger partial charge in [-0.25, -0.2) is 9.97 Å². The normalized spacial score (nSPS) is 11.8. The molecule has 4 aromatic heterocycles. The van der Waals surface area contributed by atoms with E-state index in [1.165, 1.54) is 38.0 Å². The second-order valence-corrected chi connectivity index (χ2v) is 16.1. The van der Waals surface area contributed by atoms with E-state index in [0.717, 1.165) is 72.6 Å². The Hall–Kier alpha value is -8.54. The Balaban J connectivity index is 1.23. The van der Waals surface area contributed by atoms with E-state index in [9.17, 15) is 0 Å². The first-order chi connectivity index (χ1) is 31.3. The van der Waals surface area contributed by atoms with Gasteiger partial charge in [0.2, 0.25) is 0 Å². The van der Waals surface area contributed by atoms with E-state index in [1.54, 1.807) is 0 Å². The number of rotatable bonds is 6. The van der Waals surface area contributed by atoms with Crippen LogP contribution in [-0.2, 0) is 0 Å². The van der Waals surface area contributed by atoms with Crippen LogP contribution in [0.25, 0.3) is 116 Å². The monoisotopic (exact) mass is 803 g/mol. The lowest BCUT2D eigenvalue weighted by Gasteiger charge is -2.19. The standard InChI is InChI=1S/C58H37N5/c1-5-19-38(20-6-1)47-37-48(60-58(59-47)39-21-7-2-8-22-39)55-53(36-34-45-43-28-14-17-31-50(43)62(57(45)55)41-25-11-4-12-26-41)63-51-32-18-15-29-46(51)54-52(63)35-33-44-42-27-13-16-30-49(42)61(56(44)54)40-23-9-3-10-24-40/h1-37H. The Morgan fingerprint density at radius 3 is 1.38 bits per heavy atom. The van der Waals surface area contributed by atoms with Crippen LogP contribution in [-0.4, -0.2) is 23.7 Å². The molecule has 5 heteroatoms. The number of benzene rings is 9. The van der Waals surface area contributed by atoms with Crippen molar-refractivity contribution >= 4 is 65.4 Å². The fourth-order valence-electron chi connectivity index (χ4n) is 9.99. The van der Waals surface area contributed by atoms with Gasteiger partial charge in [0.25, 0.3) is 0 Å². The second-order valence-electron chi connectivity index (χ2n) is 16.1. The maximum Gasteiger partial charge on any atom is 0.160 e. The van der Waals surface area contributed by atoms with Crippen LogP contribution in [0, 0.1) is 0 Å². The van der Waals surface area contributed by atoms with Gasteiger partial charge in [-0.1, -0.05) is 164 Å². The van der Waals surface area contributed by atoms with Gasteiger partial charge in [0.1, 0.15) is 0 Å². The van der Waals surface area contributed by atoms with Gasteiger partial charge >= 0.3 is 0 Å². The molecule has 13 rings (SSSR count). The quantitative estimate of drug-likeness (QED) is 0.168. The predicted octanol–water partition coefficient (Wildman–Crippen LogP) is 14.8. The van der Waals surface area contributed by atoms with E-state index >= 15 is 0 Å². The van der Waals surface area contributed by atoms with Crippen molar-refractivity contribution in [3.8, 4) is 51.0 Å². The van der Waals surface area contributed by atoms with Gasteiger partial charge in [0.15, 0.2) is 5.82 Å². The maximum absolute atomic E-state index is 5.58. The fourth-order valence-corrected chi connectivity index (χ4v) is 9.99. The first kappa shape index (κ1) is 35.2. The van der Waals surface area contributed by atoms with Crippen LogP contribution in [0.3, 0.4) is 0 Å². The van der Waals surface area contributed by atoms with Gasteiger partial charge in [0, 0.05) is 60.4 Å². The van der Waals surface area contributed by atoms with Gasteiger partial charge in [-0.15, -0.1) is 0 Å². The summed E-state index contributed by atoms with van der Waals surface area (Å²) in [5.41, 5.74) is 14.8. The molecule has 0 aliphatic heterocycles. The smallest absolute Gasteiger partial charge is 0.160 e. The Bertz CT molecular complexity index is 3820. The van der Waals surface area contributed by atoms with Crippen LogP contribution in [0.15, 0.2) is 224 Å². The summed E-state index contributed by atoms with van der Waals surface area (Å²) >= 11 is 0. The van der Waals surface area contributed by atoms with Crippen molar-refractivity contribution in [2.75, 3.05) is 0 Å². The number of aromatic nitrogens is 5. The van der Waals surface area contributed by atoms with E-state index < -0.39 is 0 Å². The Morgan fingerprint density at radius 2 is 0.762 bits per heavy atom. The van der Waals surface area contributed by atoms with Crippen molar-refractivity contribution in [1.29, 1.82) is 0 Å². The highest BCUT2D eigenvalue weighted by Crippen LogP contribution is 2.46. The highest BCUT2D eigenvalue weighted by atomic mass is 15.0. The molecule has 0 fully saturated rings. The highest BCUT2D eigenvalue weighted by Gasteiger charge is 2.26. The average molecular weight is 804 g/mol. The minimum atomic E-state index is 0.675. The lowest BCUT2D eigenvalue weighted by Crippen LogP contribution is -2.04. The highest BCUT2D eigenvalue weighted by molar-refractivity contribution is 6.26. The number of para-hydroxylation sites is 5. The molecule has 0 atom stereocenters. The van der Waals surface area contributed by atoms with Crippen LogP contribution in [0.2, 0.25) is 0 Å². The second kappa shape index (κ2) is 14.0.